The topological polar surface area (TPSA) is 122 Å². The maximum absolute atomic E-state index is 9.54. The Bertz CT molecular complexity index is 1370. The van der Waals surface area contributed by atoms with Gasteiger partial charge in [0.15, 0.2) is 0 Å². The summed E-state index contributed by atoms with van der Waals surface area (Å²) in [7, 11) is 0. The van der Waals surface area contributed by atoms with Gasteiger partial charge in [0.05, 0.1) is 0 Å². The molecule has 0 radical (unpaired) electrons. The van der Waals surface area contributed by atoms with Gasteiger partial charge >= 0.3 is 11.9 Å². The smallest absolute Gasteiger partial charge is 0.414 e. The molecule has 4 aromatic rings. The van der Waals surface area contributed by atoms with Gasteiger partial charge in [-0.2, -0.15) is 0 Å². The molecule has 4 rings (SSSR count). The Kier molecular flexibility index (Phi) is 21.0. The summed E-state index contributed by atoms with van der Waals surface area (Å²) in [6, 6.07) is 36.6. The SMILES string of the molecule is CCCN(CCCc1ccccc1)CCc1cccc(O)c1.CCCN(CCCc1ccccc1)CCc1cccc(O)c1.O=C(O)C(=O)O. The van der Waals surface area contributed by atoms with E-state index in [9.17, 15) is 10.2 Å². The summed E-state index contributed by atoms with van der Waals surface area (Å²) in [6.07, 6.45) is 9.06. The summed E-state index contributed by atoms with van der Waals surface area (Å²) in [5, 5.41) is 33.9. The number of aliphatic carboxylic acids is 2. The average molecular weight is 685 g/mol. The van der Waals surface area contributed by atoms with E-state index in [1.54, 1.807) is 12.1 Å². The number of aromatic hydroxyl groups is 2. The number of carbonyl (C=O) groups is 2. The van der Waals surface area contributed by atoms with Crippen molar-refractivity contribution in [1.82, 2.24) is 9.80 Å². The van der Waals surface area contributed by atoms with Gasteiger partial charge in [-0.3, -0.25) is 0 Å². The van der Waals surface area contributed by atoms with Crippen LogP contribution in [-0.2, 0) is 35.3 Å². The van der Waals surface area contributed by atoms with E-state index in [1.165, 1.54) is 47.9 Å². The van der Waals surface area contributed by atoms with Gasteiger partial charge in [-0.05, 0) is 124 Å². The fourth-order valence-electron chi connectivity index (χ4n) is 5.60. The minimum Gasteiger partial charge on any atom is -0.508 e. The van der Waals surface area contributed by atoms with E-state index in [0.717, 1.165) is 65.0 Å². The number of carboxylic acids is 2. The first-order valence-electron chi connectivity index (χ1n) is 17.7. The maximum atomic E-state index is 9.54. The second-order valence-electron chi connectivity index (χ2n) is 12.3. The molecule has 0 aliphatic rings. The zero-order valence-corrected chi connectivity index (χ0v) is 29.8. The van der Waals surface area contributed by atoms with Crippen LogP contribution in [0.5, 0.6) is 11.5 Å². The van der Waals surface area contributed by atoms with E-state index in [0.29, 0.717) is 11.5 Å². The molecular formula is C42H56N2O6. The van der Waals surface area contributed by atoms with E-state index >= 15 is 0 Å². The summed E-state index contributed by atoms with van der Waals surface area (Å²) in [5.74, 6) is -2.92. The zero-order chi connectivity index (χ0) is 36.4. The van der Waals surface area contributed by atoms with Crippen LogP contribution in [-0.4, -0.2) is 81.4 Å². The number of rotatable bonds is 18. The van der Waals surface area contributed by atoms with Crippen LogP contribution in [0.15, 0.2) is 109 Å². The Labute approximate surface area is 298 Å². The monoisotopic (exact) mass is 684 g/mol. The first-order valence-corrected chi connectivity index (χ1v) is 17.7. The van der Waals surface area contributed by atoms with Gasteiger partial charge in [0.1, 0.15) is 11.5 Å². The quantitative estimate of drug-likeness (QED) is 0.0787. The third kappa shape index (κ3) is 19.4. The second-order valence-corrected chi connectivity index (χ2v) is 12.3. The summed E-state index contributed by atoms with van der Waals surface area (Å²) in [6.45, 7) is 11.2. The lowest BCUT2D eigenvalue weighted by Gasteiger charge is -2.21. The van der Waals surface area contributed by atoms with Crippen LogP contribution in [0.3, 0.4) is 0 Å². The Morgan fingerprint density at radius 3 is 1.14 bits per heavy atom. The Balaban J connectivity index is 0.000000299. The van der Waals surface area contributed by atoms with Gasteiger partial charge in [-0.25, -0.2) is 9.59 Å². The molecule has 8 nitrogen and oxygen atoms in total. The van der Waals surface area contributed by atoms with Crippen molar-refractivity contribution >= 4 is 11.9 Å². The molecule has 0 unspecified atom stereocenters. The molecule has 0 amide bonds. The maximum Gasteiger partial charge on any atom is 0.414 e. The van der Waals surface area contributed by atoms with Crippen LogP contribution in [0.1, 0.15) is 61.8 Å². The van der Waals surface area contributed by atoms with Crippen molar-refractivity contribution in [3.8, 4) is 11.5 Å². The lowest BCUT2D eigenvalue weighted by molar-refractivity contribution is -0.159. The highest BCUT2D eigenvalue weighted by Gasteiger charge is 2.07. The van der Waals surface area contributed by atoms with Crippen molar-refractivity contribution in [3.63, 3.8) is 0 Å². The second kappa shape index (κ2) is 25.3. The minimum absolute atomic E-state index is 0.364. The van der Waals surface area contributed by atoms with Gasteiger partial charge in [-0.1, -0.05) is 98.8 Å². The Morgan fingerprint density at radius 1 is 0.460 bits per heavy atom. The van der Waals surface area contributed by atoms with Gasteiger partial charge in [-0.15, -0.1) is 0 Å². The van der Waals surface area contributed by atoms with Crippen molar-refractivity contribution in [2.24, 2.45) is 0 Å². The number of nitrogens with zero attached hydrogens (tertiary/aromatic N) is 2. The van der Waals surface area contributed by atoms with E-state index in [2.05, 4.69) is 96.4 Å². The molecule has 0 heterocycles. The van der Waals surface area contributed by atoms with Gasteiger partial charge in [0.25, 0.3) is 0 Å². The molecule has 4 N–H and O–H groups in total. The molecule has 0 aliphatic carbocycles. The normalized spacial score (nSPS) is 10.6. The van der Waals surface area contributed by atoms with Crippen LogP contribution in [0.25, 0.3) is 0 Å². The lowest BCUT2D eigenvalue weighted by atomic mass is 10.1. The van der Waals surface area contributed by atoms with Crippen LogP contribution >= 0.6 is 0 Å². The molecule has 8 heteroatoms. The average Bonchev–Trinajstić information content (AvgIpc) is 3.11. The molecule has 0 fully saturated rings. The predicted octanol–water partition coefficient (Wildman–Crippen LogP) is 7.71. The highest BCUT2D eigenvalue weighted by Crippen LogP contribution is 2.14. The zero-order valence-electron chi connectivity index (χ0n) is 29.8. The molecule has 0 saturated carbocycles. The van der Waals surface area contributed by atoms with Crippen molar-refractivity contribution < 1.29 is 30.0 Å². The first kappa shape index (κ1) is 41.5. The van der Waals surface area contributed by atoms with Crippen molar-refractivity contribution in [1.29, 1.82) is 0 Å². The number of phenolic OH excluding ortho intramolecular Hbond substituents is 2. The molecule has 0 saturated heterocycles. The molecule has 4 aromatic carbocycles. The van der Waals surface area contributed by atoms with E-state index in [4.69, 9.17) is 19.8 Å². The van der Waals surface area contributed by atoms with Gasteiger partial charge in [0.2, 0.25) is 0 Å². The minimum atomic E-state index is -1.82. The third-order valence-corrected chi connectivity index (χ3v) is 8.08. The molecule has 0 spiro atoms. The van der Waals surface area contributed by atoms with Crippen LogP contribution in [0.2, 0.25) is 0 Å². The number of carboxylic acid groups (broad SMARTS) is 2. The van der Waals surface area contributed by atoms with Crippen LogP contribution in [0, 0.1) is 0 Å². The van der Waals surface area contributed by atoms with Crippen molar-refractivity contribution in [2.45, 2.75) is 65.2 Å². The molecule has 0 aromatic heterocycles. The summed E-state index contributed by atoms with van der Waals surface area (Å²) < 4.78 is 0. The third-order valence-electron chi connectivity index (χ3n) is 8.08. The summed E-state index contributed by atoms with van der Waals surface area (Å²) >= 11 is 0. The Morgan fingerprint density at radius 2 is 0.820 bits per heavy atom. The molecule has 0 bridgehead atoms. The fraction of sp³-hybridized carbons (Fsp3) is 0.381. The fourth-order valence-corrected chi connectivity index (χ4v) is 5.60. The van der Waals surface area contributed by atoms with E-state index < -0.39 is 11.9 Å². The van der Waals surface area contributed by atoms with Gasteiger partial charge in [0, 0.05) is 13.1 Å². The summed E-state index contributed by atoms with van der Waals surface area (Å²) in [5.41, 5.74) is 5.27. The number of aryl methyl sites for hydroxylation is 2. The molecule has 0 aliphatic heterocycles. The number of benzene rings is 4. The lowest BCUT2D eigenvalue weighted by Crippen LogP contribution is -2.28. The number of hydrogen-bond acceptors (Lipinski definition) is 6. The summed E-state index contributed by atoms with van der Waals surface area (Å²) in [4.78, 5) is 23.3. The number of hydrogen-bond donors (Lipinski definition) is 4. The van der Waals surface area contributed by atoms with Crippen molar-refractivity contribution in [3.05, 3.63) is 131 Å². The first-order chi connectivity index (χ1) is 24.2. The van der Waals surface area contributed by atoms with Crippen LogP contribution < -0.4 is 0 Å². The Hall–Kier alpha value is -4.66. The van der Waals surface area contributed by atoms with Gasteiger partial charge < -0.3 is 30.2 Å². The highest BCUT2D eigenvalue weighted by atomic mass is 16.4. The molecule has 50 heavy (non-hydrogen) atoms. The highest BCUT2D eigenvalue weighted by molar-refractivity contribution is 6.27. The largest absolute Gasteiger partial charge is 0.508 e. The standard InChI is InChI=1S/2C20H27NO.C2H2O4/c2*1-2-14-21(15-7-11-18-8-4-3-5-9-18)16-13-19-10-6-12-20(22)17-19;3-1(4)2(5)6/h2*3-6,8-10,12,17,22H,2,7,11,13-16H2,1H3;(H,3,4)(H,5,6). The van der Waals surface area contributed by atoms with Crippen LogP contribution in [0.4, 0.5) is 0 Å². The molecule has 0 atom stereocenters. The van der Waals surface area contributed by atoms with Crippen molar-refractivity contribution in [2.75, 3.05) is 39.3 Å². The van der Waals surface area contributed by atoms with E-state index in [-0.39, 0.29) is 0 Å². The predicted molar refractivity (Wildman–Crippen MR) is 202 cm³/mol. The molecular weight excluding hydrogens is 628 g/mol. The number of phenols is 2. The van der Waals surface area contributed by atoms with E-state index in [1.807, 2.05) is 24.3 Å². The molecule has 270 valence electrons.